The Morgan fingerprint density at radius 1 is 0.417 bits per heavy atom. The van der Waals surface area contributed by atoms with Crippen LogP contribution in [-0.4, -0.2) is 138 Å². The molecule has 0 aliphatic carbocycles. The molecule has 3 aliphatic rings. The molecule has 3 rings (SSSR count). The van der Waals surface area contributed by atoms with Gasteiger partial charge in [0.2, 0.25) is 0 Å². The van der Waals surface area contributed by atoms with Gasteiger partial charge in [-0.2, -0.15) is 15.2 Å². The zero-order valence-electron chi connectivity index (χ0n) is 48.8. The molecule has 17 heteroatoms. The molecule has 0 aromatic carbocycles. The van der Waals surface area contributed by atoms with Crippen LogP contribution in [0.1, 0.15) is 235 Å². The van der Waals surface area contributed by atoms with Crippen LogP contribution in [0.2, 0.25) is 0 Å². The average molecular weight is 1030 g/mol. The van der Waals surface area contributed by atoms with Gasteiger partial charge < -0.3 is 28.8 Å². The number of hydrogen-bond acceptors (Lipinski definition) is 17. The van der Waals surface area contributed by atoms with Gasteiger partial charge in [-0.15, -0.1) is 0 Å². The number of ether oxygens (including phenoxy) is 5. The van der Waals surface area contributed by atoms with Crippen molar-refractivity contribution in [1.29, 1.82) is 0 Å². The molecule has 0 spiro atoms. The van der Waals surface area contributed by atoms with Gasteiger partial charge in [-0.25, -0.2) is 14.4 Å². The van der Waals surface area contributed by atoms with Gasteiger partial charge in [-0.3, -0.25) is 24.1 Å². The number of carbonyl (C=O) groups is 5. The van der Waals surface area contributed by atoms with Crippen LogP contribution in [0, 0.1) is 0 Å². The Morgan fingerprint density at radius 2 is 0.639 bits per heavy atom. The van der Waals surface area contributed by atoms with Crippen molar-refractivity contribution in [3.05, 3.63) is 0 Å². The van der Waals surface area contributed by atoms with E-state index in [9.17, 15) is 29.1 Å². The van der Waals surface area contributed by atoms with E-state index >= 15 is 0 Å². The van der Waals surface area contributed by atoms with E-state index in [1.165, 1.54) is 0 Å². The Balaban J connectivity index is 0.000000738. The van der Waals surface area contributed by atoms with Crippen molar-refractivity contribution >= 4 is 29.8 Å². The zero-order valence-corrected chi connectivity index (χ0v) is 48.8. The van der Waals surface area contributed by atoms with E-state index in [0.717, 1.165) is 38.5 Å². The molecule has 0 atom stereocenters. The molecule has 0 aromatic heterocycles. The molecule has 0 radical (unpaired) electrons. The quantitative estimate of drug-likeness (QED) is 0.0577. The monoisotopic (exact) mass is 1030 g/mol. The summed E-state index contributed by atoms with van der Waals surface area (Å²) in [5.74, 6) is -1.59. The van der Waals surface area contributed by atoms with E-state index in [1.54, 1.807) is 62.3 Å². The molecule has 3 aliphatic heterocycles. The minimum atomic E-state index is -1.15. The molecule has 0 bridgehead atoms. The number of aliphatic hydroxyl groups is 1. The topological polar surface area (TPSA) is 189 Å². The number of aliphatic hydroxyl groups excluding tert-OH is 1. The summed E-state index contributed by atoms with van der Waals surface area (Å²) in [6.45, 7) is 40.8. The number of carbonyl (C=O) groups excluding carboxylic acids is 5. The van der Waals surface area contributed by atoms with Crippen LogP contribution in [0.15, 0.2) is 0 Å². The van der Waals surface area contributed by atoms with E-state index in [0.29, 0.717) is 58.0 Å². The van der Waals surface area contributed by atoms with Crippen molar-refractivity contribution < 1.29 is 67.3 Å². The van der Waals surface area contributed by atoms with Crippen LogP contribution in [0.3, 0.4) is 0 Å². The smallest absolute Gasteiger partial charge is 0.339 e. The van der Waals surface area contributed by atoms with Crippen molar-refractivity contribution in [2.45, 2.75) is 304 Å². The molecule has 17 nitrogen and oxygen atoms in total. The Hall–Kier alpha value is -2.93. The maximum Gasteiger partial charge on any atom is 0.339 e. The van der Waals surface area contributed by atoms with Crippen LogP contribution in [-0.2, 0) is 62.2 Å². The molecule has 0 saturated carbocycles. The summed E-state index contributed by atoms with van der Waals surface area (Å²) < 4.78 is 27.4. The van der Waals surface area contributed by atoms with Crippen LogP contribution in [0.25, 0.3) is 0 Å². The Bertz CT molecular complexity index is 1640. The first-order chi connectivity index (χ1) is 32.7. The second-order valence-corrected chi connectivity index (χ2v) is 25.4. The summed E-state index contributed by atoms with van der Waals surface area (Å²) in [6.07, 6.45) is 8.77. The largest absolute Gasteiger partial charge is 0.464 e. The number of unbranched alkanes of at least 4 members (excludes halogenated alkanes) is 5. The maximum atomic E-state index is 12.8. The van der Waals surface area contributed by atoms with Crippen molar-refractivity contribution in [3.63, 3.8) is 0 Å². The van der Waals surface area contributed by atoms with E-state index in [1.807, 2.05) is 98.3 Å². The SMILES string of the molecule is CCOC(=O)C(C)(C)ON1C(C)(C)CC(O)CC1(C)C.CCOC(=O)C(C)(C)ON1C(C)(C)CC(OC(=O)CCCCCCCCC(=O)OC2CC(C)(C)N(OC(C)(C)C(=O)OCC)C(C)(C)C2)CC1(C)C. The third-order valence-corrected chi connectivity index (χ3v) is 13.5. The molecule has 3 saturated heterocycles. The first-order valence-corrected chi connectivity index (χ1v) is 26.8. The lowest BCUT2D eigenvalue weighted by atomic mass is 9.80. The van der Waals surface area contributed by atoms with Gasteiger partial charge in [0.05, 0.1) is 25.9 Å². The molecular formula is C55H101N3O14. The fourth-order valence-corrected chi connectivity index (χ4v) is 10.9. The van der Waals surface area contributed by atoms with Gasteiger partial charge in [0.25, 0.3) is 0 Å². The highest BCUT2D eigenvalue weighted by Gasteiger charge is 2.53. The van der Waals surface area contributed by atoms with Crippen LogP contribution >= 0.6 is 0 Å². The molecule has 0 amide bonds. The van der Waals surface area contributed by atoms with Gasteiger partial charge in [-0.05, 0) is 171 Å². The van der Waals surface area contributed by atoms with Crippen LogP contribution in [0.4, 0.5) is 0 Å². The van der Waals surface area contributed by atoms with Crippen molar-refractivity contribution in [3.8, 4) is 0 Å². The van der Waals surface area contributed by atoms with E-state index in [4.69, 9.17) is 38.2 Å². The molecule has 420 valence electrons. The second kappa shape index (κ2) is 25.7. The Kier molecular flexibility index (Phi) is 23.3. The molecule has 0 aromatic rings. The highest BCUT2D eigenvalue weighted by Crippen LogP contribution is 2.44. The third kappa shape index (κ3) is 19.0. The predicted octanol–water partition coefficient (Wildman–Crippen LogP) is 10.1. The first kappa shape index (κ1) is 65.2. The number of esters is 5. The van der Waals surface area contributed by atoms with Gasteiger partial charge >= 0.3 is 29.8 Å². The third-order valence-electron chi connectivity index (χ3n) is 13.5. The summed E-state index contributed by atoms with van der Waals surface area (Å²) in [5.41, 5.74) is -5.97. The highest BCUT2D eigenvalue weighted by molar-refractivity contribution is 5.79. The highest BCUT2D eigenvalue weighted by atomic mass is 16.7. The Morgan fingerprint density at radius 3 is 0.875 bits per heavy atom. The van der Waals surface area contributed by atoms with Gasteiger partial charge in [0.1, 0.15) is 12.2 Å². The average Bonchev–Trinajstić information content (AvgIpc) is 3.19. The van der Waals surface area contributed by atoms with Gasteiger partial charge in [-0.1, -0.05) is 25.7 Å². The second-order valence-electron chi connectivity index (χ2n) is 25.4. The zero-order chi connectivity index (χ0) is 55.5. The molecule has 0 unspecified atom stereocenters. The predicted molar refractivity (Wildman–Crippen MR) is 276 cm³/mol. The number of nitrogens with zero attached hydrogens (tertiary/aromatic N) is 3. The summed E-state index contributed by atoms with van der Waals surface area (Å²) in [6, 6.07) is 0. The fraction of sp³-hybridized carbons (Fsp3) is 0.909. The van der Waals surface area contributed by atoms with Crippen LogP contribution in [0.5, 0.6) is 0 Å². The minimum absolute atomic E-state index is 0.188. The standard InChI is InChI=1S/C40H72N2O10.C15H29NO4/c1-15-47-33(45)39(11,12)51-41-35(3,4)25-29(26-36(41,5)6)49-31(43)23-21-19-17-18-20-22-24-32(44)50-30-27-37(7,8)42(38(9,10)28-30)52-40(13,14)34(46)48-16-2;1-8-19-12(18)15(6,7)20-16-13(2,3)9-11(17)10-14(16,4)5/h29-30H,15-28H2,1-14H3;11,17H,8-10H2,1-7H3. The van der Waals surface area contributed by atoms with Gasteiger partial charge in [0.15, 0.2) is 16.8 Å². The number of piperidine rings is 3. The minimum Gasteiger partial charge on any atom is -0.464 e. The number of hydrogen-bond donors (Lipinski definition) is 1. The molecular weight excluding hydrogens is 927 g/mol. The van der Waals surface area contributed by atoms with Crippen LogP contribution < -0.4 is 0 Å². The number of rotatable bonds is 23. The van der Waals surface area contributed by atoms with Gasteiger partial charge in [0, 0.05) is 71.8 Å². The molecule has 72 heavy (non-hydrogen) atoms. The first-order valence-electron chi connectivity index (χ1n) is 26.8. The number of hydroxylamine groups is 6. The van der Waals surface area contributed by atoms with Crippen molar-refractivity contribution in [2.24, 2.45) is 0 Å². The van der Waals surface area contributed by atoms with E-state index in [-0.39, 0.29) is 60.5 Å². The van der Waals surface area contributed by atoms with Crippen molar-refractivity contribution in [2.75, 3.05) is 19.8 Å². The lowest BCUT2D eigenvalue weighted by molar-refractivity contribution is -0.332. The van der Waals surface area contributed by atoms with E-state index in [2.05, 4.69) is 0 Å². The van der Waals surface area contributed by atoms with Crippen molar-refractivity contribution in [1.82, 2.24) is 15.2 Å². The summed E-state index contributed by atoms with van der Waals surface area (Å²) in [7, 11) is 0. The molecule has 3 fully saturated rings. The molecule has 1 N–H and O–H groups in total. The lowest BCUT2D eigenvalue weighted by Crippen LogP contribution is -2.64. The molecule has 3 heterocycles. The van der Waals surface area contributed by atoms with E-state index < -0.39 is 50.9 Å². The maximum absolute atomic E-state index is 12.8. The normalized spacial score (nSPS) is 21.7. The summed E-state index contributed by atoms with van der Waals surface area (Å²) in [4.78, 5) is 81.1. The summed E-state index contributed by atoms with van der Waals surface area (Å²) >= 11 is 0. The fourth-order valence-electron chi connectivity index (χ4n) is 10.9. The Labute approximate surface area is 434 Å². The lowest BCUT2D eigenvalue weighted by Gasteiger charge is -2.54. The summed E-state index contributed by atoms with van der Waals surface area (Å²) in [5, 5.41) is 15.6.